The zero-order chi connectivity index (χ0) is 17.6. The fourth-order valence-electron chi connectivity index (χ4n) is 2.85. The van der Waals surface area contributed by atoms with Crippen LogP contribution >= 0.6 is 23.2 Å². The van der Waals surface area contributed by atoms with Crippen LogP contribution < -0.4 is 10.2 Å². The number of carbonyl (C=O) groups is 1. The number of halogens is 2. The van der Waals surface area contributed by atoms with Crippen molar-refractivity contribution < 1.29 is 4.79 Å². The van der Waals surface area contributed by atoms with Crippen LogP contribution in [0.2, 0.25) is 10.0 Å². The van der Waals surface area contributed by atoms with E-state index in [9.17, 15) is 4.79 Å². The van der Waals surface area contributed by atoms with E-state index in [1.54, 1.807) is 18.3 Å². The first-order valence-electron chi connectivity index (χ1n) is 8.42. The molecule has 5 nitrogen and oxygen atoms in total. The van der Waals surface area contributed by atoms with Crippen molar-refractivity contribution in [2.45, 2.75) is 25.7 Å². The topological polar surface area (TPSA) is 58.1 Å². The molecule has 1 aliphatic rings. The third-order valence-corrected chi connectivity index (χ3v) is 4.83. The Kier molecular flexibility index (Phi) is 6.10. The Bertz CT molecular complexity index is 730. The Morgan fingerprint density at radius 1 is 1.12 bits per heavy atom. The van der Waals surface area contributed by atoms with Crippen LogP contribution in [-0.2, 0) is 6.42 Å². The van der Waals surface area contributed by atoms with Crippen molar-refractivity contribution in [3.63, 3.8) is 0 Å². The lowest BCUT2D eigenvalue weighted by Crippen LogP contribution is -2.31. The largest absolute Gasteiger partial charge is 0.355 e. The Hall–Kier alpha value is -1.85. The molecule has 25 heavy (non-hydrogen) atoms. The van der Waals surface area contributed by atoms with Crippen LogP contribution in [0.5, 0.6) is 0 Å². The number of anilines is 1. The Morgan fingerprint density at radius 3 is 2.60 bits per heavy atom. The molecule has 1 amide bonds. The highest BCUT2D eigenvalue weighted by molar-refractivity contribution is 6.35. The van der Waals surface area contributed by atoms with E-state index in [1.807, 2.05) is 6.07 Å². The number of hydrogen-bond donors (Lipinski definition) is 1. The summed E-state index contributed by atoms with van der Waals surface area (Å²) in [4.78, 5) is 23.0. The molecule has 2 aromatic rings. The summed E-state index contributed by atoms with van der Waals surface area (Å²) in [6.07, 6.45) is 7.46. The average Bonchev–Trinajstić information content (AvgIpc) is 2.64. The maximum absolute atomic E-state index is 12.2. The summed E-state index contributed by atoms with van der Waals surface area (Å²) in [5, 5.41) is 4.04. The van der Waals surface area contributed by atoms with Gasteiger partial charge in [0.2, 0.25) is 0 Å². The molecule has 0 spiro atoms. The molecule has 1 aromatic heterocycles. The molecule has 3 rings (SSSR count). The van der Waals surface area contributed by atoms with E-state index >= 15 is 0 Å². The van der Waals surface area contributed by atoms with Crippen LogP contribution in [0.3, 0.4) is 0 Å². The molecule has 2 heterocycles. The van der Waals surface area contributed by atoms with E-state index in [0.717, 1.165) is 24.5 Å². The van der Waals surface area contributed by atoms with Gasteiger partial charge in [-0.3, -0.25) is 4.79 Å². The molecule has 0 bridgehead atoms. The standard InChI is InChI=1S/C18H20Cl2N4O/c19-14-5-4-13(15(20)10-14)6-7-21-18(25)16-11-23-17(12-22-16)24-8-2-1-3-9-24/h4-5,10-12H,1-3,6-9H2,(H,21,25). The Morgan fingerprint density at radius 2 is 1.92 bits per heavy atom. The lowest BCUT2D eigenvalue weighted by molar-refractivity contribution is 0.0949. The Labute approximate surface area is 157 Å². The third-order valence-electron chi connectivity index (χ3n) is 4.25. The fourth-order valence-corrected chi connectivity index (χ4v) is 3.35. The van der Waals surface area contributed by atoms with Gasteiger partial charge < -0.3 is 10.2 Å². The van der Waals surface area contributed by atoms with E-state index < -0.39 is 0 Å². The maximum atomic E-state index is 12.2. The number of hydrogen-bond acceptors (Lipinski definition) is 4. The predicted octanol–water partition coefficient (Wildman–Crippen LogP) is 3.75. The molecule has 0 radical (unpaired) electrons. The molecule has 7 heteroatoms. The second kappa shape index (κ2) is 8.50. The minimum absolute atomic E-state index is 0.234. The second-order valence-corrected chi connectivity index (χ2v) is 6.89. The van der Waals surface area contributed by atoms with E-state index in [0.29, 0.717) is 28.7 Å². The maximum Gasteiger partial charge on any atom is 0.271 e. The highest BCUT2D eigenvalue weighted by Gasteiger charge is 2.14. The van der Waals surface area contributed by atoms with Gasteiger partial charge in [-0.05, 0) is 43.4 Å². The highest BCUT2D eigenvalue weighted by Crippen LogP contribution is 2.21. The van der Waals surface area contributed by atoms with Crippen molar-refractivity contribution in [2.24, 2.45) is 0 Å². The second-order valence-electron chi connectivity index (χ2n) is 6.05. The number of nitrogens with zero attached hydrogens (tertiary/aromatic N) is 3. The minimum Gasteiger partial charge on any atom is -0.355 e. The van der Waals surface area contributed by atoms with Crippen LogP contribution in [0, 0.1) is 0 Å². The van der Waals surface area contributed by atoms with Gasteiger partial charge in [0.1, 0.15) is 11.5 Å². The van der Waals surface area contributed by atoms with E-state index in [2.05, 4.69) is 20.2 Å². The molecule has 1 saturated heterocycles. The number of aromatic nitrogens is 2. The molecule has 1 aliphatic heterocycles. The summed E-state index contributed by atoms with van der Waals surface area (Å²) in [6.45, 7) is 2.47. The van der Waals surface area contributed by atoms with Crippen LogP contribution in [0.15, 0.2) is 30.6 Å². The van der Waals surface area contributed by atoms with Gasteiger partial charge in [-0.1, -0.05) is 29.3 Å². The quantitative estimate of drug-likeness (QED) is 0.860. The molecule has 1 N–H and O–H groups in total. The van der Waals surface area contributed by atoms with Crippen LogP contribution in [0.4, 0.5) is 5.82 Å². The monoisotopic (exact) mass is 378 g/mol. The summed E-state index contributed by atoms with van der Waals surface area (Å²) < 4.78 is 0. The number of rotatable bonds is 5. The van der Waals surface area contributed by atoms with Gasteiger partial charge >= 0.3 is 0 Å². The van der Waals surface area contributed by atoms with Crippen LogP contribution in [-0.4, -0.2) is 35.5 Å². The lowest BCUT2D eigenvalue weighted by atomic mass is 10.1. The number of carbonyl (C=O) groups excluding carboxylic acids is 1. The zero-order valence-corrected chi connectivity index (χ0v) is 15.4. The first-order valence-corrected chi connectivity index (χ1v) is 9.18. The van der Waals surface area contributed by atoms with Gasteiger partial charge in [0.15, 0.2) is 0 Å². The smallest absolute Gasteiger partial charge is 0.271 e. The van der Waals surface area contributed by atoms with Crippen molar-refractivity contribution in [1.29, 1.82) is 0 Å². The van der Waals surface area contributed by atoms with Crippen LogP contribution in [0.1, 0.15) is 35.3 Å². The van der Waals surface area contributed by atoms with Crippen molar-refractivity contribution in [1.82, 2.24) is 15.3 Å². The van der Waals surface area contributed by atoms with Crippen LogP contribution in [0.25, 0.3) is 0 Å². The zero-order valence-electron chi connectivity index (χ0n) is 13.8. The fraction of sp³-hybridized carbons (Fsp3) is 0.389. The van der Waals surface area contributed by atoms with Gasteiger partial charge in [-0.15, -0.1) is 0 Å². The summed E-state index contributed by atoms with van der Waals surface area (Å²) in [6, 6.07) is 5.35. The molecular formula is C18H20Cl2N4O. The number of nitrogens with one attached hydrogen (secondary N) is 1. The molecule has 1 fully saturated rings. The van der Waals surface area contributed by atoms with Crippen molar-refractivity contribution >= 4 is 34.9 Å². The molecular weight excluding hydrogens is 359 g/mol. The van der Waals surface area contributed by atoms with Gasteiger partial charge in [0, 0.05) is 29.7 Å². The minimum atomic E-state index is -0.234. The molecule has 132 valence electrons. The molecule has 0 atom stereocenters. The lowest BCUT2D eigenvalue weighted by Gasteiger charge is -2.27. The van der Waals surface area contributed by atoms with Gasteiger partial charge in [-0.2, -0.15) is 0 Å². The van der Waals surface area contributed by atoms with Gasteiger partial charge in [-0.25, -0.2) is 9.97 Å². The summed E-state index contributed by atoms with van der Waals surface area (Å²) in [5.41, 5.74) is 1.26. The van der Waals surface area contributed by atoms with E-state index in [4.69, 9.17) is 23.2 Å². The van der Waals surface area contributed by atoms with Gasteiger partial charge in [0.25, 0.3) is 5.91 Å². The summed E-state index contributed by atoms with van der Waals surface area (Å²) in [5.74, 6) is 0.604. The Balaban J connectivity index is 1.52. The predicted molar refractivity (Wildman–Crippen MR) is 101 cm³/mol. The summed E-state index contributed by atoms with van der Waals surface area (Å²) >= 11 is 12.0. The molecule has 0 saturated carbocycles. The SMILES string of the molecule is O=C(NCCc1ccc(Cl)cc1Cl)c1cnc(N2CCCCC2)cn1. The molecule has 0 unspecified atom stereocenters. The number of piperidine rings is 1. The first kappa shape index (κ1) is 18.0. The molecule has 1 aromatic carbocycles. The van der Waals surface area contributed by atoms with Crippen molar-refractivity contribution in [2.75, 3.05) is 24.5 Å². The number of amides is 1. The van der Waals surface area contributed by atoms with Crippen molar-refractivity contribution in [3.8, 4) is 0 Å². The average molecular weight is 379 g/mol. The highest BCUT2D eigenvalue weighted by atomic mass is 35.5. The van der Waals surface area contributed by atoms with E-state index in [-0.39, 0.29) is 5.91 Å². The molecule has 0 aliphatic carbocycles. The third kappa shape index (κ3) is 4.83. The first-order chi connectivity index (χ1) is 12.1. The summed E-state index contributed by atoms with van der Waals surface area (Å²) in [7, 11) is 0. The van der Waals surface area contributed by atoms with E-state index in [1.165, 1.54) is 25.5 Å². The van der Waals surface area contributed by atoms with Gasteiger partial charge in [0.05, 0.1) is 12.4 Å². The normalized spacial score (nSPS) is 14.4. The van der Waals surface area contributed by atoms with Crippen molar-refractivity contribution in [3.05, 3.63) is 51.9 Å². The number of benzene rings is 1.